The van der Waals surface area contributed by atoms with Gasteiger partial charge < -0.3 is 5.21 Å². The third kappa shape index (κ3) is 0.953. The normalized spacial score (nSPS) is 10.8. The van der Waals surface area contributed by atoms with Gasteiger partial charge in [0.2, 0.25) is 0 Å². The summed E-state index contributed by atoms with van der Waals surface area (Å²) in [5, 5.41) is 10.7. The van der Waals surface area contributed by atoms with Crippen LogP contribution in [-0.4, -0.2) is 14.9 Å². The Balaban J connectivity index is 3.03. The molecule has 0 bridgehead atoms. The van der Waals surface area contributed by atoms with Crippen LogP contribution >= 0.6 is 27.3 Å². The summed E-state index contributed by atoms with van der Waals surface area (Å²) in [4.78, 5) is 15.1. The minimum absolute atomic E-state index is 0.435. The Hall–Kier alpha value is -0.880. The lowest BCUT2D eigenvalue weighted by atomic mass is 10.5. The first-order valence-corrected chi connectivity index (χ1v) is 4.71. The van der Waals surface area contributed by atoms with E-state index in [1.807, 2.05) is 0 Å². The molecule has 0 unspecified atom stereocenters. The first-order valence-electron chi connectivity index (χ1n) is 3.04. The first-order chi connectivity index (χ1) is 5.70. The van der Waals surface area contributed by atoms with E-state index in [4.69, 9.17) is 5.21 Å². The maximum atomic E-state index is 11.2. The lowest BCUT2D eigenvalue weighted by Gasteiger charge is -1.92. The minimum Gasteiger partial charge on any atom is -0.424 e. The average molecular weight is 247 g/mol. The Bertz CT molecular complexity index is 490. The quantitative estimate of drug-likeness (QED) is 0.717. The van der Waals surface area contributed by atoms with Gasteiger partial charge in [0.1, 0.15) is 16.5 Å². The zero-order valence-electron chi connectivity index (χ0n) is 5.69. The molecule has 0 aliphatic heterocycles. The molecule has 0 saturated heterocycles. The van der Waals surface area contributed by atoms with Crippen LogP contribution in [0, 0.1) is 0 Å². The van der Waals surface area contributed by atoms with Crippen LogP contribution in [0.25, 0.3) is 10.2 Å². The number of nitrogens with zero attached hydrogens (tertiary/aromatic N) is 2. The zero-order chi connectivity index (χ0) is 8.72. The molecule has 0 aliphatic carbocycles. The highest BCUT2D eigenvalue weighted by atomic mass is 79.9. The van der Waals surface area contributed by atoms with Crippen molar-refractivity contribution in [3.8, 4) is 0 Å². The van der Waals surface area contributed by atoms with Crippen molar-refractivity contribution in [2.45, 2.75) is 0 Å². The van der Waals surface area contributed by atoms with E-state index in [2.05, 4.69) is 20.9 Å². The maximum Gasteiger partial charge on any atom is 0.303 e. The van der Waals surface area contributed by atoms with Crippen LogP contribution in [-0.2, 0) is 0 Å². The average Bonchev–Trinajstić information content (AvgIpc) is 2.41. The highest BCUT2D eigenvalue weighted by Gasteiger charge is 2.07. The van der Waals surface area contributed by atoms with Crippen molar-refractivity contribution in [3.63, 3.8) is 0 Å². The van der Waals surface area contributed by atoms with Crippen LogP contribution in [0.1, 0.15) is 0 Å². The van der Waals surface area contributed by atoms with Crippen LogP contribution < -0.4 is 5.56 Å². The molecule has 62 valence electrons. The highest BCUT2D eigenvalue weighted by molar-refractivity contribution is 9.10. The fraction of sp³-hybridized carbons (Fsp3) is 0. The van der Waals surface area contributed by atoms with Gasteiger partial charge in [0.25, 0.3) is 0 Å². The second kappa shape index (κ2) is 2.56. The fourth-order valence-electron chi connectivity index (χ4n) is 0.872. The van der Waals surface area contributed by atoms with Crippen molar-refractivity contribution in [1.82, 2.24) is 9.71 Å². The van der Waals surface area contributed by atoms with Gasteiger partial charge >= 0.3 is 5.56 Å². The van der Waals surface area contributed by atoms with Crippen molar-refractivity contribution in [2.75, 3.05) is 0 Å². The molecule has 2 heterocycles. The van der Waals surface area contributed by atoms with Gasteiger partial charge in [-0.25, -0.2) is 4.98 Å². The summed E-state index contributed by atoms with van der Waals surface area (Å²) in [7, 11) is 0. The summed E-state index contributed by atoms with van der Waals surface area (Å²) in [6.45, 7) is 0. The molecule has 4 nitrogen and oxygen atoms in total. The van der Waals surface area contributed by atoms with Crippen molar-refractivity contribution in [3.05, 3.63) is 26.5 Å². The van der Waals surface area contributed by atoms with E-state index in [0.29, 0.717) is 14.9 Å². The molecular weight excluding hydrogens is 244 g/mol. The van der Waals surface area contributed by atoms with E-state index in [-0.39, 0.29) is 0 Å². The van der Waals surface area contributed by atoms with Crippen molar-refractivity contribution in [2.24, 2.45) is 0 Å². The molecule has 1 N–H and O–H groups in total. The van der Waals surface area contributed by atoms with E-state index >= 15 is 0 Å². The van der Waals surface area contributed by atoms with Gasteiger partial charge in [0, 0.05) is 5.38 Å². The van der Waals surface area contributed by atoms with Crippen LogP contribution in [0.3, 0.4) is 0 Å². The summed E-state index contributed by atoms with van der Waals surface area (Å²) < 4.78 is 1.71. The molecule has 0 fully saturated rings. The number of halogens is 1. The summed E-state index contributed by atoms with van der Waals surface area (Å²) in [6.07, 6.45) is 1.09. The summed E-state index contributed by atoms with van der Waals surface area (Å²) in [6, 6.07) is 0. The van der Waals surface area contributed by atoms with Gasteiger partial charge in [-0.3, -0.25) is 4.79 Å². The molecule has 0 saturated carbocycles. The fourth-order valence-corrected chi connectivity index (χ4v) is 2.39. The molecule has 0 aliphatic rings. The van der Waals surface area contributed by atoms with Crippen molar-refractivity contribution in [1.29, 1.82) is 0 Å². The molecule has 0 atom stereocenters. The molecule has 0 spiro atoms. The predicted molar refractivity (Wildman–Crippen MR) is 48.8 cm³/mol. The molecular formula is C6H3BrN2O2S. The number of hydrogen-bond acceptors (Lipinski definition) is 4. The number of aromatic nitrogens is 2. The molecule has 0 radical (unpaired) electrons. The van der Waals surface area contributed by atoms with E-state index < -0.39 is 5.56 Å². The Labute approximate surface area is 79.2 Å². The number of rotatable bonds is 0. The predicted octanol–water partition coefficient (Wildman–Crippen LogP) is 1.46. The van der Waals surface area contributed by atoms with Gasteiger partial charge in [0.05, 0.1) is 4.47 Å². The molecule has 2 rings (SSSR count). The first kappa shape index (κ1) is 7.75. The van der Waals surface area contributed by atoms with Crippen LogP contribution in [0.15, 0.2) is 21.0 Å². The van der Waals surface area contributed by atoms with Crippen molar-refractivity contribution < 1.29 is 5.21 Å². The van der Waals surface area contributed by atoms with Crippen LogP contribution in [0.2, 0.25) is 0 Å². The largest absolute Gasteiger partial charge is 0.424 e. The van der Waals surface area contributed by atoms with Crippen LogP contribution in [0.5, 0.6) is 0 Å². The highest BCUT2D eigenvalue weighted by Crippen LogP contribution is 2.25. The Morgan fingerprint density at radius 1 is 1.67 bits per heavy atom. The van der Waals surface area contributed by atoms with Gasteiger partial charge in [-0.2, -0.15) is 0 Å². The SMILES string of the molecule is O=c1c2scc(Br)c2ncn1O. The Kier molecular flexibility index (Phi) is 1.66. The molecule has 2 aromatic rings. The molecule has 2 aromatic heterocycles. The van der Waals surface area contributed by atoms with Gasteiger partial charge in [-0.15, -0.1) is 16.1 Å². The van der Waals surface area contributed by atoms with E-state index in [0.717, 1.165) is 10.8 Å². The molecule has 6 heteroatoms. The Morgan fingerprint density at radius 3 is 3.17 bits per heavy atom. The number of fused-ring (bicyclic) bond motifs is 1. The van der Waals surface area contributed by atoms with E-state index in [1.54, 1.807) is 5.38 Å². The lowest BCUT2D eigenvalue weighted by Crippen LogP contribution is -2.16. The Morgan fingerprint density at radius 2 is 2.42 bits per heavy atom. The standard InChI is InChI=1S/C6H3BrN2O2S/c7-3-1-12-5-4(3)8-2-9(11)6(5)10/h1-2,11H. The van der Waals surface area contributed by atoms with Gasteiger partial charge in [-0.05, 0) is 15.9 Å². The molecule has 0 aromatic carbocycles. The van der Waals surface area contributed by atoms with Crippen molar-refractivity contribution >= 4 is 37.5 Å². The molecule has 12 heavy (non-hydrogen) atoms. The van der Waals surface area contributed by atoms with Gasteiger partial charge in [-0.1, -0.05) is 0 Å². The summed E-state index contributed by atoms with van der Waals surface area (Å²) >= 11 is 4.50. The molecule has 0 amide bonds. The van der Waals surface area contributed by atoms with Crippen LogP contribution in [0.4, 0.5) is 0 Å². The topological polar surface area (TPSA) is 55.1 Å². The van der Waals surface area contributed by atoms with E-state index in [9.17, 15) is 4.79 Å². The van der Waals surface area contributed by atoms with Gasteiger partial charge in [0.15, 0.2) is 0 Å². The second-order valence-corrected chi connectivity index (χ2v) is 3.89. The number of hydrogen-bond donors (Lipinski definition) is 1. The third-order valence-electron chi connectivity index (χ3n) is 1.42. The smallest absolute Gasteiger partial charge is 0.303 e. The minimum atomic E-state index is -0.435. The third-order valence-corrected chi connectivity index (χ3v) is 3.28. The van der Waals surface area contributed by atoms with E-state index in [1.165, 1.54) is 11.3 Å². The monoisotopic (exact) mass is 246 g/mol. The summed E-state index contributed by atoms with van der Waals surface area (Å²) in [5.41, 5.74) is 0.158. The lowest BCUT2D eigenvalue weighted by molar-refractivity contribution is 0.173. The number of thiophene rings is 1. The maximum absolute atomic E-state index is 11.2. The summed E-state index contributed by atoms with van der Waals surface area (Å²) in [5.74, 6) is 0. The second-order valence-electron chi connectivity index (χ2n) is 2.16. The zero-order valence-corrected chi connectivity index (χ0v) is 8.09.